The van der Waals surface area contributed by atoms with E-state index in [9.17, 15) is 28.6 Å². The first-order chi connectivity index (χ1) is 15.3. The number of amides is 1. The number of carbonyl (C=O) groups is 2. The first kappa shape index (κ1) is 22.3. The molecule has 1 aliphatic carbocycles. The molecule has 8 nitrogen and oxygen atoms in total. The fraction of sp³-hybridized carbons (Fsp3) is 0.500. The van der Waals surface area contributed by atoms with Crippen LogP contribution in [0.15, 0.2) is 28.8 Å². The highest BCUT2D eigenvalue weighted by molar-refractivity contribution is 5.93. The zero-order valence-corrected chi connectivity index (χ0v) is 17.3. The van der Waals surface area contributed by atoms with E-state index in [1.54, 1.807) is 0 Å². The fourth-order valence-electron chi connectivity index (χ4n) is 4.65. The second kappa shape index (κ2) is 9.33. The Kier molecular flexibility index (Phi) is 6.52. The molecule has 0 spiro atoms. The van der Waals surface area contributed by atoms with Crippen molar-refractivity contribution in [3.05, 3.63) is 41.6 Å². The van der Waals surface area contributed by atoms with E-state index >= 15 is 0 Å². The summed E-state index contributed by atoms with van der Waals surface area (Å²) in [7, 11) is 0. The van der Waals surface area contributed by atoms with Crippen molar-refractivity contribution in [2.24, 2.45) is 5.92 Å². The summed E-state index contributed by atoms with van der Waals surface area (Å²) >= 11 is 0. The molecule has 1 saturated heterocycles. The number of rotatable bonds is 5. The molecule has 10 heteroatoms. The second-order valence-electron chi connectivity index (χ2n) is 8.49. The molecule has 1 aromatic carbocycles. The number of aromatic nitrogens is 1. The minimum Gasteiger partial charge on any atom is -0.481 e. The van der Waals surface area contributed by atoms with Crippen LogP contribution in [0.3, 0.4) is 0 Å². The lowest BCUT2D eigenvalue weighted by atomic mass is 9.85. The Morgan fingerprint density at radius 1 is 1.19 bits per heavy atom. The largest absolute Gasteiger partial charge is 0.481 e. The zero-order chi connectivity index (χ0) is 22.8. The molecule has 1 aromatic heterocycles. The van der Waals surface area contributed by atoms with Crippen molar-refractivity contribution in [1.29, 1.82) is 0 Å². The van der Waals surface area contributed by atoms with Gasteiger partial charge in [0.2, 0.25) is 0 Å². The molecule has 2 aromatic rings. The number of carboxylic acids is 1. The van der Waals surface area contributed by atoms with Crippen LogP contribution >= 0.6 is 0 Å². The Labute approximate surface area is 183 Å². The minimum atomic E-state index is -0.822. The summed E-state index contributed by atoms with van der Waals surface area (Å²) in [6.07, 6.45) is 2.32. The molecule has 1 saturated carbocycles. The SMILES string of the molecule is O=C(N[C@H]1CC[C@@H](N2CCCC(C(=O)O)C2)[C@@H](O)C1)c1cc(-c2ccc(F)cc2F)on1. The van der Waals surface area contributed by atoms with E-state index in [-0.39, 0.29) is 29.1 Å². The summed E-state index contributed by atoms with van der Waals surface area (Å²) in [5, 5.41) is 26.4. The molecule has 172 valence electrons. The van der Waals surface area contributed by atoms with Gasteiger partial charge in [0.1, 0.15) is 11.6 Å². The number of nitrogens with one attached hydrogen (secondary N) is 1. The Hall–Kier alpha value is -2.85. The standard InChI is InChI=1S/C22H25F2N3O5/c23-13-3-5-15(16(24)8-13)20-10-17(26-32-20)21(29)25-14-4-6-18(19(28)9-14)27-7-1-2-12(11-27)22(30)31/h3,5,8,10,12,14,18-19,28H,1-2,4,6-7,9,11H2,(H,25,29)(H,30,31)/t12?,14-,18+,19-/m0/s1. The summed E-state index contributed by atoms with van der Waals surface area (Å²) in [5.41, 5.74) is -0.0456. The zero-order valence-electron chi connectivity index (χ0n) is 17.3. The average molecular weight is 449 g/mol. The lowest BCUT2D eigenvalue weighted by molar-refractivity contribution is -0.144. The third kappa shape index (κ3) is 4.81. The van der Waals surface area contributed by atoms with Crippen LogP contribution in [0.5, 0.6) is 0 Å². The lowest BCUT2D eigenvalue weighted by Gasteiger charge is -2.43. The van der Waals surface area contributed by atoms with E-state index in [4.69, 9.17) is 4.52 Å². The van der Waals surface area contributed by atoms with Crippen LogP contribution in [0.1, 0.15) is 42.6 Å². The maximum atomic E-state index is 13.9. The molecule has 2 aliphatic rings. The lowest BCUT2D eigenvalue weighted by Crippen LogP contribution is -2.54. The van der Waals surface area contributed by atoms with Crippen LogP contribution in [-0.4, -0.2) is 63.4 Å². The van der Waals surface area contributed by atoms with Crippen molar-refractivity contribution in [2.75, 3.05) is 13.1 Å². The molecule has 0 radical (unpaired) electrons. The van der Waals surface area contributed by atoms with Gasteiger partial charge in [0, 0.05) is 30.8 Å². The van der Waals surface area contributed by atoms with Gasteiger partial charge >= 0.3 is 5.97 Å². The Bertz CT molecular complexity index is 998. The van der Waals surface area contributed by atoms with Crippen LogP contribution < -0.4 is 5.32 Å². The highest BCUT2D eigenvalue weighted by Gasteiger charge is 2.37. The summed E-state index contributed by atoms with van der Waals surface area (Å²) < 4.78 is 32.1. The summed E-state index contributed by atoms with van der Waals surface area (Å²) in [6, 6.07) is 3.88. The third-order valence-electron chi connectivity index (χ3n) is 6.33. The number of aliphatic hydroxyl groups excluding tert-OH is 1. The number of halogens is 2. The summed E-state index contributed by atoms with van der Waals surface area (Å²) in [5.74, 6) is -3.27. The molecular formula is C22H25F2N3O5. The Balaban J connectivity index is 1.34. The van der Waals surface area contributed by atoms with Crippen LogP contribution in [0, 0.1) is 17.6 Å². The topological polar surface area (TPSA) is 116 Å². The maximum absolute atomic E-state index is 13.9. The van der Waals surface area contributed by atoms with Gasteiger partial charge in [0.25, 0.3) is 5.91 Å². The summed E-state index contributed by atoms with van der Waals surface area (Å²) in [6.45, 7) is 1.18. The maximum Gasteiger partial charge on any atom is 0.307 e. The normalized spacial score (nSPS) is 26.6. The molecule has 1 amide bonds. The van der Waals surface area contributed by atoms with Crippen molar-refractivity contribution in [3.63, 3.8) is 0 Å². The van der Waals surface area contributed by atoms with Crippen LogP contribution in [-0.2, 0) is 4.79 Å². The number of nitrogens with zero attached hydrogens (tertiary/aromatic N) is 2. The summed E-state index contributed by atoms with van der Waals surface area (Å²) in [4.78, 5) is 25.9. The monoisotopic (exact) mass is 449 g/mol. The molecule has 32 heavy (non-hydrogen) atoms. The van der Waals surface area contributed by atoms with Crippen molar-refractivity contribution >= 4 is 11.9 Å². The number of aliphatic hydroxyl groups is 1. The Morgan fingerprint density at radius 3 is 2.72 bits per heavy atom. The van der Waals surface area contributed by atoms with Gasteiger partial charge in [-0.15, -0.1) is 0 Å². The second-order valence-corrected chi connectivity index (χ2v) is 8.49. The van der Waals surface area contributed by atoms with Gasteiger partial charge in [-0.2, -0.15) is 0 Å². The van der Waals surface area contributed by atoms with Gasteiger partial charge in [-0.25, -0.2) is 8.78 Å². The molecule has 4 rings (SSSR count). The molecule has 2 fully saturated rings. The van der Waals surface area contributed by atoms with Crippen molar-refractivity contribution < 1.29 is 33.1 Å². The van der Waals surface area contributed by atoms with Crippen LogP contribution in [0.25, 0.3) is 11.3 Å². The number of carbonyl (C=O) groups excluding carboxylic acids is 1. The smallest absolute Gasteiger partial charge is 0.307 e. The molecule has 0 bridgehead atoms. The van der Waals surface area contributed by atoms with Gasteiger partial charge in [-0.3, -0.25) is 14.5 Å². The first-order valence-corrected chi connectivity index (χ1v) is 10.7. The van der Waals surface area contributed by atoms with E-state index in [1.165, 1.54) is 12.1 Å². The van der Waals surface area contributed by atoms with E-state index in [2.05, 4.69) is 10.5 Å². The van der Waals surface area contributed by atoms with Gasteiger partial charge in [0.15, 0.2) is 11.5 Å². The molecule has 1 aliphatic heterocycles. The van der Waals surface area contributed by atoms with Gasteiger partial charge in [-0.1, -0.05) is 5.16 Å². The predicted octanol–water partition coefficient (Wildman–Crippen LogP) is 2.43. The first-order valence-electron chi connectivity index (χ1n) is 10.7. The average Bonchev–Trinajstić information content (AvgIpc) is 3.24. The van der Waals surface area contributed by atoms with E-state index in [0.717, 1.165) is 25.1 Å². The predicted molar refractivity (Wildman–Crippen MR) is 109 cm³/mol. The highest BCUT2D eigenvalue weighted by Crippen LogP contribution is 2.29. The van der Waals surface area contributed by atoms with Crippen molar-refractivity contribution in [1.82, 2.24) is 15.4 Å². The van der Waals surface area contributed by atoms with Gasteiger partial charge in [0.05, 0.1) is 17.6 Å². The van der Waals surface area contributed by atoms with E-state index in [1.807, 2.05) is 4.90 Å². The van der Waals surface area contributed by atoms with Crippen molar-refractivity contribution in [2.45, 2.75) is 50.3 Å². The number of aliphatic carboxylic acids is 1. The van der Waals surface area contributed by atoms with Crippen molar-refractivity contribution in [3.8, 4) is 11.3 Å². The fourth-order valence-corrected chi connectivity index (χ4v) is 4.65. The molecular weight excluding hydrogens is 424 g/mol. The highest BCUT2D eigenvalue weighted by atomic mass is 19.1. The van der Waals surface area contributed by atoms with E-state index < -0.39 is 35.5 Å². The number of hydrogen-bond donors (Lipinski definition) is 3. The minimum absolute atomic E-state index is 0.00456. The van der Waals surface area contributed by atoms with Gasteiger partial charge in [-0.05, 0) is 50.8 Å². The third-order valence-corrected chi connectivity index (χ3v) is 6.33. The molecule has 3 N–H and O–H groups in total. The number of carboxylic acid groups (broad SMARTS) is 1. The van der Waals surface area contributed by atoms with E-state index in [0.29, 0.717) is 32.2 Å². The van der Waals surface area contributed by atoms with Gasteiger partial charge < -0.3 is 20.1 Å². The number of piperidine rings is 1. The molecule has 4 atom stereocenters. The van der Waals surface area contributed by atoms with Crippen LogP contribution in [0.2, 0.25) is 0 Å². The van der Waals surface area contributed by atoms with Crippen LogP contribution in [0.4, 0.5) is 8.78 Å². The number of benzene rings is 1. The molecule has 1 unspecified atom stereocenters. The number of hydrogen-bond acceptors (Lipinski definition) is 6. The Morgan fingerprint density at radius 2 is 2.00 bits per heavy atom. The number of likely N-dealkylation sites (tertiary alicyclic amines) is 1. The quantitative estimate of drug-likeness (QED) is 0.642. The molecule has 2 heterocycles.